The number of rotatable bonds is 13. The standard InChI is InChI=1S/C21H16F3N3OS2.C11H9N3S2.C10H14N2OS.C7H9NOS.C5H13NO2.C3H4N2S/c1-10-18(29-11(2)26-10)15-7-6-14-17(25)19(30-20(14)27-15)16(28)9-12-4-3-5-13(8-12)21(22,23)24;1-6-10(16-7(2)13-6)9-4-3-8(5-12)11(15)14-9;1-7-10(14-8(2)11-7)9(13)5-6-12(3)4;1-4-7(5(2)9)10-6(3)8-4;1-6(2)5(7-3)8-4;4-2-1-3(5)6/h3-8H,9,25H2,1-2H3;3-4H,1-2H3,(H,14,15);5-6H,1-4H3;1-3H3;5H,1-4H3;1H2,(H2,5,6)/b;;6-5+;;;. The summed E-state index contributed by atoms with van der Waals surface area (Å²) in [5.41, 5.74) is 16.6. The van der Waals surface area contributed by atoms with Crippen LogP contribution in [0.3, 0.4) is 0 Å². The highest BCUT2D eigenvalue weighted by molar-refractivity contribution is 7.80. The van der Waals surface area contributed by atoms with Gasteiger partial charge in [0.15, 0.2) is 17.3 Å². The molecule has 0 saturated carbocycles. The molecule has 0 spiro atoms. The molecule has 0 atom stereocenters. The van der Waals surface area contributed by atoms with Crippen LogP contribution in [0.15, 0.2) is 60.8 Å². The number of carbonyl (C=O) groups is 3. The Balaban J connectivity index is 0.000000291. The molecule has 5 N–H and O–H groups in total. The number of H-pyrrole nitrogens is 1. The van der Waals surface area contributed by atoms with Crippen molar-refractivity contribution in [2.45, 2.75) is 87.7 Å². The molecule has 17 nitrogen and oxygen atoms in total. The van der Waals surface area contributed by atoms with Crippen LogP contribution in [0.5, 0.6) is 0 Å². The van der Waals surface area contributed by atoms with E-state index in [2.05, 4.69) is 42.1 Å². The van der Waals surface area contributed by atoms with Gasteiger partial charge < -0.3 is 30.8 Å². The highest BCUT2D eigenvalue weighted by Gasteiger charge is 2.31. The van der Waals surface area contributed by atoms with Crippen molar-refractivity contribution >= 4 is 119 Å². The van der Waals surface area contributed by atoms with E-state index in [1.165, 1.54) is 46.1 Å². The molecule has 446 valence electrons. The van der Waals surface area contributed by atoms with Crippen LogP contribution in [0.1, 0.15) is 102 Å². The SMILES string of the molecule is CC(=O)c1sc(C)nc1C.COC(OC)N(C)C.Cc1nc(C)c(-c2ccc(C#N)c(=S)[nH]2)s1.Cc1nc(C)c(-c2ccc3c(N)c(C(=O)Cc4cccc(C(F)(F)F)c4)sc3n2)s1.Cc1nc(C)c(C(=O)/C=C/N(C)C)s1.N#CCC(N)=S. The quantitative estimate of drug-likeness (QED) is 0.0419. The van der Waals surface area contributed by atoms with E-state index in [1.807, 2.05) is 118 Å². The van der Waals surface area contributed by atoms with Gasteiger partial charge in [-0.1, -0.05) is 42.6 Å². The molecule has 0 aliphatic heterocycles. The van der Waals surface area contributed by atoms with E-state index >= 15 is 0 Å². The van der Waals surface area contributed by atoms with Crippen molar-refractivity contribution in [3.05, 3.63) is 140 Å². The number of ketones is 3. The van der Waals surface area contributed by atoms with Crippen molar-refractivity contribution in [2.24, 2.45) is 5.73 Å². The number of aryl methyl sites for hydroxylation is 8. The summed E-state index contributed by atoms with van der Waals surface area (Å²) < 4.78 is 49.0. The van der Waals surface area contributed by atoms with E-state index in [1.54, 1.807) is 56.9 Å². The fourth-order valence-electron chi connectivity index (χ4n) is 7.20. The number of pyridine rings is 2. The maximum Gasteiger partial charge on any atom is 0.416 e. The van der Waals surface area contributed by atoms with Crippen LogP contribution in [0.2, 0.25) is 0 Å². The summed E-state index contributed by atoms with van der Waals surface area (Å²) in [6, 6.07) is 15.9. The van der Waals surface area contributed by atoms with Gasteiger partial charge in [-0.2, -0.15) is 23.7 Å². The van der Waals surface area contributed by atoms with E-state index in [0.717, 1.165) is 97.2 Å². The lowest BCUT2D eigenvalue weighted by molar-refractivity contribution is -0.179. The molecule has 8 rings (SSSR count). The third-order valence-corrected chi connectivity index (χ3v) is 16.8. The van der Waals surface area contributed by atoms with Gasteiger partial charge in [-0.05, 0) is 105 Å². The van der Waals surface area contributed by atoms with E-state index in [4.69, 9.17) is 43.7 Å². The first-order valence-electron chi connectivity index (χ1n) is 24.9. The number of aromatic nitrogens is 6. The second-order valence-corrected chi connectivity index (χ2v) is 25.0. The molecule has 0 aliphatic rings. The number of thiophene rings is 1. The number of nitriles is 2. The van der Waals surface area contributed by atoms with Gasteiger partial charge in [-0.3, -0.25) is 19.3 Å². The molecule has 8 aromatic rings. The normalized spacial score (nSPS) is 10.7. The summed E-state index contributed by atoms with van der Waals surface area (Å²) in [7, 11) is 10.8. The van der Waals surface area contributed by atoms with Crippen LogP contribution in [0, 0.1) is 82.7 Å². The largest absolute Gasteiger partial charge is 0.416 e. The predicted molar refractivity (Wildman–Crippen MR) is 340 cm³/mol. The number of hydrogen-bond donors (Lipinski definition) is 3. The predicted octanol–water partition coefficient (Wildman–Crippen LogP) is 13.7. The van der Waals surface area contributed by atoms with Gasteiger partial charge in [0.1, 0.15) is 15.5 Å². The van der Waals surface area contributed by atoms with Crippen molar-refractivity contribution < 1.29 is 37.0 Å². The number of benzene rings is 1. The molecule has 0 fully saturated rings. The van der Waals surface area contributed by atoms with Gasteiger partial charge in [-0.15, -0.1) is 56.7 Å². The lowest BCUT2D eigenvalue weighted by Crippen LogP contribution is -2.30. The second kappa shape index (κ2) is 33.6. The van der Waals surface area contributed by atoms with E-state index in [9.17, 15) is 27.6 Å². The Kier molecular flexibility index (Phi) is 28.5. The van der Waals surface area contributed by atoms with E-state index in [0.29, 0.717) is 31.0 Å². The number of Topliss-reactive ketones (excluding diaryl/α,β-unsaturated/α-hetero) is 2. The van der Waals surface area contributed by atoms with Gasteiger partial charge in [0.05, 0.1) is 113 Å². The molecule has 0 amide bonds. The lowest BCUT2D eigenvalue weighted by Gasteiger charge is -2.19. The minimum atomic E-state index is -4.46. The van der Waals surface area contributed by atoms with Gasteiger partial charge >= 0.3 is 6.18 Å². The van der Waals surface area contributed by atoms with Crippen molar-refractivity contribution in [3.63, 3.8) is 0 Å². The summed E-state index contributed by atoms with van der Waals surface area (Å²) in [6.07, 6.45) is -1.33. The molecule has 7 heterocycles. The number of carbonyl (C=O) groups excluding carboxylic acids is 3. The van der Waals surface area contributed by atoms with Crippen LogP contribution >= 0.6 is 81.1 Å². The van der Waals surface area contributed by atoms with Crippen LogP contribution in [-0.2, 0) is 22.1 Å². The van der Waals surface area contributed by atoms with Gasteiger partial charge in [0.2, 0.25) is 6.41 Å². The fraction of sp³-hybridized carbons (Fsp3) is 0.333. The number of nitrogens with zero attached hydrogens (tertiary/aromatic N) is 9. The number of nitrogens with two attached hydrogens (primary N) is 2. The number of fused-ring (bicyclic) bond motifs is 1. The van der Waals surface area contributed by atoms with Crippen LogP contribution < -0.4 is 11.5 Å². The molecule has 1 aromatic carbocycles. The minimum absolute atomic E-state index is 0.0294. The Morgan fingerprint density at radius 3 is 1.71 bits per heavy atom. The number of alkyl halides is 3. The average Bonchev–Trinajstić information content (AvgIpc) is 2.49. The smallest absolute Gasteiger partial charge is 0.397 e. The van der Waals surface area contributed by atoms with Crippen LogP contribution in [-0.4, -0.2) is 111 Å². The molecular weight excluding hydrogens is 1210 g/mol. The Morgan fingerprint density at radius 2 is 1.31 bits per heavy atom. The zero-order valence-electron chi connectivity index (χ0n) is 49.0. The number of nitrogens with one attached hydrogen (secondary N) is 1. The second-order valence-electron chi connectivity index (χ2n) is 18.3. The van der Waals surface area contributed by atoms with E-state index < -0.39 is 11.7 Å². The Hall–Kier alpha value is -6.89. The molecule has 0 bridgehead atoms. The topological polar surface area (TPSA) is 256 Å². The van der Waals surface area contributed by atoms with E-state index in [-0.39, 0.29) is 47.2 Å². The van der Waals surface area contributed by atoms with Crippen molar-refractivity contribution in [2.75, 3.05) is 48.1 Å². The molecule has 84 heavy (non-hydrogen) atoms. The molecule has 7 aromatic heterocycles. The highest BCUT2D eigenvalue weighted by Crippen LogP contribution is 2.37. The van der Waals surface area contributed by atoms with Crippen molar-refractivity contribution in [1.82, 2.24) is 39.7 Å². The number of anilines is 1. The molecule has 27 heteroatoms. The number of hydrogen-bond acceptors (Lipinski definition) is 22. The van der Waals surface area contributed by atoms with Crippen molar-refractivity contribution in [1.29, 1.82) is 10.5 Å². The number of nitrogen functional groups attached to an aromatic ring is 1. The summed E-state index contributed by atoms with van der Waals surface area (Å²) in [5.74, 6) is -0.189. The number of ether oxygens (including phenoxy) is 2. The number of aromatic amines is 1. The highest BCUT2D eigenvalue weighted by atomic mass is 32.1. The summed E-state index contributed by atoms with van der Waals surface area (Å²) in [4.78, 5) is 68.5. The summed E-state index contributed by atoms with van der Waals surface area (Å²) in [6.45, 7) is 16.9. The number of methoxy groups -OCH3 is 2. The fourth-order valence-corrected chi connectivity index (χ4v) is 12.0. The van der Waals surface area contributed by atoms with Gasteiger partial charge in [-0.25, -0.2) is 24.9 Å². The van der Waals surface area contributed by atoms with Crippen LogP contribution in [0.4, 0.5) is 18.9 Å². The Labute approximate surface area is 517 Å². The minimum Gasteiger partial charge on any atom is -0.397 e. The Bertz CT molecular complexity index is 3740. The molecule has 0 aliphatic carbocycles. The average molecular weight is 1280 g/mol. The first-order valence-corrected chi connectivity index (χ1v) is 29.8. The summed E-state index contributed by atoms with van der Waals surface area (Å²) >= 11 is 16.7. The number of allylic oxidation sites excluding steroid dienone is 1. The monoisotopic (exact) mass is 1280 g/mol. The summed E-state index contributed by atoms with van der Waals surface area (Å²) in [5, 5.41) is 21.1. The zero-order valence-corrected chi connectivity index (χ0v) is 54.7. The van der Waals surface area contributed by atoms with Gasteiger partial charge in [0.25, 0.3) is 0 Å². The van der Waals surface area contributed by atoms with Gasteiger partial charge in [0, 0.05) is 59.3 Å². The maximum absolute atomic E-state index is 12.9. The number of halogens is 3. The maximum atomic E-state index is 12.9. The third kappa shape index (κ3) is 21.9. The van der Waals surface area contributed by atoms with Crippen molar-refractivity contribution in [3.8, 4) is 33.3 Å². The first-order chi connectivity index (χ1) is 39.3. The Morgan fingerprint density at radius 1 is 0.762 bits per heavy atom. The molecule has 0 saturated heterocycles. The lowest BCUT2D eigenvalue weighted by atomic mass is 10.0. The number of thiocarbonyl (C=S) groups is 1. The third-order valence-electron chi connectivity index (χ3n) is 10.7. The number of thiazole rings is 4. The molecule has 0 unspecified atom stereocenters. The first kappa shape index (κ1) is 71.4. The zero-order chi connectivity index (χ0) is 63.3. The molecular formula is C57H65F3N12O5S7. The molecule has 0 radical (unpaired) electrons. The van der Waals surface area contributed by atoms with Crippen LogP contribution in [0.25, 0.3) is 31.4 Å².